The predicted molar refractivity (Wildman–Crippen MR) is 112 cm³/mol. The van der Waals surface area contributed by atoms with Crippen LogP contribution in [-0.2, 0) is 16.1 Å². The Bertz CT molecular complexity index is 822. The molecule has 0 unspecified atom stereocenters. The number of amides is 3. The van der Waals surface area contributed by atoms with E-state index in [2.05, 4.69) is 16.0 Å². The molecule has 8 nitrogen and oxygen atoms in total. The van der Waals surface area contributed by atoms with Crippen LogP contribution in [0.4, 0.5) is 4.79 Å². The zero-order valence-corrected chi connectivity index (χ0v) is 17.1. The Morgan fingerprint density at radius 1 is 0.933 bits per heavy atom. The highest BCUT2D eigenvalue weighted by molar-refractivity contribution is 5.91. The van der Waals surface area contributed by atoms with E-state index in [0.717, 1.165) is 11.3 Å². The fraction of sp³-hybridized carbons (Fsp3) is 0.318. The Labute approximate surface area is 175 Å². The quantitative estimate of drug-likeness (QED) is 0.409. The van der Waals surface area contributed by atoms with Crippen LogP contribution in [0.1, 0.15) is 29.8 Å². The lowest BCUT2D eigenvalue weighted by atomic mass is 10.1. The first-order valence-electron chi connectivity index (χ1n) is 9.69. The number of urea groups is 1. The largest absolute Gasteiger partial charge is 0.492 e. The summed E-state index contributed by atoms with van der Waals surface area (Å²) in [5.41, 5.74) is 1.16. The molecule has 0 bridgehead atoms. The zero-order valence-electron chi connectivity index (χ0n) is 17.1. The summed E-state index contributed by atoms with van der Waals surface area (Å²) < 4.78 is 10.5. The summed E-state index contributed by atoms with van der Waals surface area (Å²) in [6.07, 6.45) is 0. The number of hydrogen-bond donors (Lipinski definition) is 3. The van der Waals surface area contributed by atoms with Gasteiger partial charge in [0, 0.05) is 12.6 Å². The van der Waals surface area contributed by atoms with Gasteiger partial charge < -0.3 is 25.4 Å². The van der Waals surface area contributed by atoms with Crippen LogP contribution in [0.5, 0.6) is 5.75 Å². The monoisotopic (exact) mass is 413 g/mol. The Hall–Kier alpha value is -3.55. The molecule has 0 aliphatic carbocycles. The van der Waals surface area contributed by atoms with Crippen molar-refractivity contribution in [2.75, 3.05) is 19.8 Å². The average Bonchev–Trinajstić information content (AvgIpc) is 2.74. The van der Waals surface area contributed by atoms with Crippen molar-refractivity contribution in [1.29, 1.82) is 0 Å². The molecule has 0 radical (unpaired) electrons. The molecule has 2 aromatic rings. The zero-order chi connectivity index (χ0) is 21.8. The molecule has 160 valence electrons. The summed E-state index contributed by atoms with van der Waals surface area (Å²) >= 11 is 0. The molecule has 0 fully saturated rings. The molecule has 0 aliphatic heterocycles. The van der Waals surface area contributed by atoms with Crippen LogP contribution in [0.15, 0.2) is 54.6 Å². The number of carbonyl (C=O) groups is 3. The maximum absolute atomic E-state index is 12.1. The molecule has 3 N–H and O–H groups in total. The number of carbonyl (C=O) groups excluding carboxylic acids is 3. The average molecular weight is 413 g/mol. The first-order valence-corrected chi connectivity index (χ1v) is 9.69. The van der Waals surface area contributed by atoms with E-state index >= 15 is 0 Å². The van der Waals surface area contributed by atoms with Gasteiger partial charge in [-0.1, -0.05) is 30.3 Å². The van der Waals surface area contributed by atoms with E-state index in [1.165, 1.54) is 0 Å². The molecule has 0 saturated carbocycles. The lowest BCUT2D eigenvalue weighted by molar-refractivity contribution is -0.124. The standard InChI is InChI=1S/C22H27N3O5/c1-16(2)25-22(28)24-14-17-8-10-18(11-9-17)21(27)30-15-20(26)23-12-13-29-19-6-4-3-5-7-19/h3-11,16H,12-15H2,1-2H3,(H,23,26)(H2,24,25,28). The number of para-hydroxylation sites is 1. The third kappa shape index (κ3) is 8.64. The van der Waals surface area contributed by atoms with Crippen LogP contribution < -0.4 is 20.7 Å². The van der Waals surface area contributed by atoms with Gasteiger partial charge >= 0.3 is 12.0 Å². The van der Waals surface area contributed by atoms with Crippen LogP contribution in [0.2, 0.25) is 0 Å². The first kappa shape index (κ1) is 22.7. The van der Waals surface area contributed by atoms with Crippen molar-refractivity contribution in [3.8, 4) is 5.75 Å². The van der Waals surface area contributed by atoms with E-state index in [1.807, 2.05) is 44.2 Å². The molecule has 0 saturated heterocycles. The summed E-state index contributed by atoms with van der Waals surface area (Å²) in [6.45, 7) is 4.33. The Kier molecular flexibility index (Phi) is 9.18. The molecule has 30 heavy (non-hydrogen) atoms. The van der Waals surface area contributed by atoms with Crippen LogP contribution >= 0.6 is 0 Å². The molecule has 0 atom stereocenters. The van der Waals surface area contributed by atoms with Crippen molar-refractivity contribution >= 4 is 17.9 Å². The van der Waals surface area contributed by atoms with Crippen LogP contribution in [0.25, 0.3) is 0 Å². The molecule has 0 aliphatic rings. The molecule has 2 aromatic carbocycles. The van der Waals surface area contributed by atoms with E-state index < -0.39 is 11.9 Å². The van der Waals surface area contributed by atoms with Crippen molar-refractivity contribution in [2.45, 2.75) is 26.4 Å². The third-order valence-corrected chi connectivity index (χ3v) is 3.83. The summed E-state index contributed by atoms with van der Waals surface area (Å²) in [6, 6.07) is 15.7. The van der Waals surface area contributed by atoms with Gasteiger partial charge in [0.25, 0.3) is 5.91 Å². The van der Waals surface area contributed by atoms with E-state index in [4.69, 9.17) is 9.47 Å². The van der Waals surface area contributed by atoms with E-state index in [1.54, 1.807) is 24.3 Å². The molecule has 0 spiro atoms. The molecule has 0 heterocycles. The van der Waals surface area contributed by atoms with Crippen LogP contribution in [-0.4, -0.2) is 43.7 Å². The lowest BCUT2D eigenvalue weighted by Crippen LogP contribution is -2.39. The van der Waals surface area contributed by atoms with Gasteiger partial charge in [0.15, 0.2) is 6.61 Å². The second kappa shape index (κ2) is 12.1. The summed E-state index contributed by atoms with van der Waals surface area (Å²) in [5.74, 6) is -0.280. The highest BCUT2D eigenvalue weighted by atomic mass is 16.5. The maximum atomic E-state index is 12.1. The van der Waals surface area contributed by atoms with E-state index in [0.29, 0.717) is 25.3 Å². The van der Waals surface area contributed by atoms with E-state index in [9.17, 15) is 14.4 Å². The van der Waals surface area contributed by atoms with Crippen molar-refractivity contribution < 1.29 is 23.9 Å². The second-order valence-corrected chi connectivity index (χ2v) is 6.77. The summed E-state index contributed by atoms with van der Waals surface area (Å²) in [4.78, 5) is 35.4. The van der Waals surface area contributed by atoms with E-state index in [-0.39, 0.29) is 18.7 Å². The van der Waals surface area contributed by atoms with Crippen molar-refractivity contribution in [3.05, 3.63) is 65.7 Å². The molecule has 0 aromatic heterocycles. The van der Waals surface area contributed by atoms with Gasteiger partial charge in [0.2, 0.25) is 0 Å². The number of nitrogens with one attached hydrogen (secondary N) is 3. The Balaban J connectivity index is 1.65. The number of ether oxygens (including phenoxy) is 2. The smallest absolute Gasteiger partial charge is 0.338 e. The number of esters is 1. The molecule has 8 heteroatoms. The minimum atomic E-state index is -0.595. The van der Waals surface area contributed by atoms with Gasteiger partial charge in [0.1, 0.15) is 12.4 Å². The highest BCUT2D eigenvalue weighted by Crippen LogP contribution is 2.08. The van der Waals surface area contributed by atoms with Crippen molar-refractivity contribution in [2.24, 2.45) is 0 Å². The Morgan fingerprint density at radius 2 is 1.63 bits per heavy atom. The topological polar surface area (TPSA) is 106 Å². The Morgan fingerprint density at radius 3 is 2.30 bits per heavy atom. The van der Waals surface area contributed by atoms with Crippen molar-refractivity contribution in [3.63, 3.8) is 0 Å². The number of rotatable bonds is 10. The maximum Gasteiger partial charge on any atom is 0.338 e. The molecule has 3 amide bonds. The highest BCUT2D eigenvalue weighted by Gasteiger charge is 2.10. The van der Waals surface area contributed by atoms with Gasteiger partial charge in [-0.15, -0.1) is 0 Å². The molecule has 2 rings (SSSR count). The fourth-order valence-corrected chi connectivity index (χ4v) is 2.40. The predicted octanol–water partition coefficient (Wildman–Crippen LogP) is 2.25. The molecular formula is C22H27N3O5. The second-order valence-electron chi connectivity index (χ2n) is 6.77. The summed E-state index contributed by atoms with van der Waals surface area (Å²) in [7, 11) is 0. The summed E-state index contributed by atoms with van der Waals surface area (Å²) in [5, 5.41) is 8.07. The first-order chi connectivity index (χ1) is 14.4. The number of benzene rings is 2. The minimum Gasteiger partial charge on any atom is -0.492 e. The number of hydrogen-bond acceptors (Lipinski definition) is 5. The van der Waals surface area contributed by atoms with Crippen molar-refractivity contribution in [1.82, 2.24) is 16.0 Å². The van der Waals surface area contributed by atoms with Crippen LogP contribution in [0, 0.1) is 0 Å². The third-order valence-electron chi connectivity index (χ3n) is 3.83. The van der Waals surface area contributed by atoms with Gasteiger partial charge in [-0.25, -0.2) is 9.59 Å². The SMILES string of the molecule is CC(C)NC(=O)NCc1ccc(C(=O)OCC(=O)NCCOc2ccccc2)cc1. The van der Waals surface area contributed by atoms with Gasteiger partial charge in [-0.3, -0.25) is 4.79 Å². The minimum absolute atomic E-state index is 0.0516. The molecular weight excluding hydrogens is 386 g/mol. The van der Waals surface area contributed by atoms with Gasteiger partial charge in [-0.05, 0) is 43.7 Å². The normalized spacial score (nSPS) is 10.2. The van der Waals surface area contributed by atoms with Gasteiger partial charge in [-0.2, -0.15) is 0 Å². The fourth-order valence-electron chi connectivity index (χ4n) is 2.40. The van der Waals surface area contributed by atoms with Gasteiger partial charge in [0.05, 0.1) is 12.1 Å². The van der Waals surface area contributed by atoms with Crippen LogP contribution in [0.3, 0.4) is 0 Å². The lowest BCUT2D eigenvalue weighted by Gasteiger charge is -2.10.